The number of hydrogen-bond acceptors (Lipinski definition) is 4. The van der Waals surface area contributed by atoms with Gasteiger partial charge in [0.25, 0.3) is 0 Å². The summed E-state index contributed by atoms with van der Waals surface area (Å²) in [6.07, 6.45) is 1.48. The number of hydrogen-bond donors (Lipinski definition) is 0. The summed E-state index contributed by atoms with van der Waals surface area (Å²) in [5.41, 5.74) is 0. The normalized spacial score (nSPS) is 8.79. The predicted octanol–water partition coefficient (Wildman–Crippen LogP) is 1.59. The third kappa shape index (κ3) is 2.62. The number of anilines is 1. The molecule has 0 unspecified atom stereocenters. The average molecular weight is 207 g/mol. The van der Waals surface area contributed by atoms with E-state index in [0.717, 1.165) is 0 Å². The molecule has 1 aromatic rings. The minimum Gasteiger partial charge on any atom is -0.330 e. The van der Waals surface area contributed by atoms with Crippen LogP contribution in [-0.2, 0) is 0 Å². The first-order valence-electron chi connectivity index (χ1n) is 3.88. The fraction of sp³-hybridized carbons (Fsp3) is 0.222. The maximum atomic E-state index is 8.52. The quantitative estimate of drug-likeness (QED) is 0.705. The lowest BCUT2D eigenvalue weighted by Crippen LogP contribution is -2.24. The van der Waals surface area contributed by atoms with E-state index in [1.807, 2.05) is 12.1 Å². The molecule has 14 heavy (non-hydrogen) atoms. The highest BCUT2D eigenvalue weighted by Gasteiger charge is 2.05. The van der Waals surface area contributed by atoms with Crippen molar-refractivity contribution < 1.29 is 0 Å². The van der Waals surface area contributed by atoms with Crippen molar-refractivity contribution in [3.63, 3.8) is 0 Å². The number of halogens is 1. The molecule has 0 saturated heterocycles. The second kappa shape index (κ2) is 5.06. The first kappa shape index (κ1) is 10.3. The molecule has 70 valence electrons. The van der Waals surface area contributed by atoms with Crippen LogP contribution in [0, 0.1) is 22.7 Å². The van der Waals surface area contributed by atoms with Crippen LogP contribution in [0.2, 0.25) is 5.02 Å². The Bertz CT molecular complexity index is 357. The van der Waals surface area contributed by atoms with Gasteiger partial charge >= 0.3 is 0 Å². The summed E-state index contributed by atoms with van der Waals surface area (Å²) in [7, 11) is 0. The zero-order valence-corrected chi connectivity index (χ0v) is 8.07. The molecule has 0 radical (unpaired) electrons. The van der Waals surface area contributed by atoms with Gasteiger partial charge in [-0.15, -0.1) is 0 Å². The van der Waals surface area contributed by atoms with E-state index in [-0.39, 0.29) is 13.1 Å². The topological polar surface area (TPSA) is 63.7 Å². The number of pyridine rings is 1. The SMILES string of the molecule is N#CCN(CC#N)c1ccc(Cl)cn1. The largest absolute Gasteiger partial charge is 0.330 e. The summed E-state index contributed by atoms with van der Waals surface area (Å²) < 4.78 is 0. The first-order valence-corrected chi connectivity index (χ1v) is 4.26. The zero-order chi connectivity index (χ0) is 10.4. The lowest BCUT2D eigenvalue weighted by molar-refractivity contribution is 0.936. The van der Waals surface area contributed by atoms with Crippen molar-refractivity contribution in [1.29, 1.82) is 10.5 Å². The van der Waals surface area contributed by atoms with Gasteiger partial charge in [-0.1, -0.05) is 11.6 Å². The van der Waals surface area contributed by atoms with Crippen molar-refractivity contribution in [2.75, 3.05) is 18.0 Å². The average Bonchev–Trinajstić information content (AvgIpc) is 2.19. The lowest BCUT2D eigenvalue weighted by atomic mass is 10.4. The number of aromatic nitrogens is 1. The Labute approximate surface area is 87.0 Å². The summed E-state index contributed by atoms with van der Waals surface area (Å²) in [5, 5.41) is 17.6. The monoisotopic (exact) mass is 206 g/mol. The second-order valence-electron chi connectivity index (χ2n) is 2.51. The van der Waals surface area contributed by atoms with E-state index in [9.17, 15) is 0 Å². The zero-order valence-electron chi connectivity index (χ0n) is 7.31. The van der Waals surface area contributed by atoms with Crippen molar-refractivity contribution in [3.05, 3.63) is 23.4 Å². The smallest absolute Gasteiger partial charge is 0.130 e. The van der Waals surface area contributed by atoms with E-state index in [1.165, 1.54) is 6.20 Å². The Morgan fingerprint density at radius 3 is 2.36 bits per heavy atom. The Morgan fingerprint density at radius 1 is 1.29 bits per heavy atom. The number of nitriles is 2. The highest BCUT2D eigenvalue weighted by molar-refractivity contribution is 6.30. The highest BCUT2D eigenvalue weighted by Crippen LogP contribution is 2.13. The summed E-state index contributed by atoms with van der Waals surface area (Å²) in [6.45, 7) is 0.282. The van der Waals surface area contributed by atoms with E-state index in [2.05, 4.69) is 4.98 Å². The van der Waals surface area contributed by atoms with E-state index in [4.69, 9.17) is 22.1 Å². The lowest BCUT2D eigenvalue weighted by Gasteiger charge is -2.15. The van der Waals surface area contributed by atoms with E-state index < -0.39 is 0 Å². The van der Waals surface area contributed by atoms with Crippen LogP contribution in [0.15, 0.2) is 18.3 Å². The minimum atomic E-state index is 0.141. The minimum absolute atomic E-state index is 0.141. The Balaban J connectivity index is 2.84. The van der Waals surface area contributed by atoms with Crippen LogP contribution in [-0.4, -0.2) is 18.1 Å². The Kier molecular flexibility index (Phi) is 3.72. The van der Waals surface area contributed by atoms with Crippen molar-refractivity contribution >= 4 is 17.4 Å². The van der Waals surface area contributed by atoms with E-state index in [1.54, 1.807) is 17.0 Å². The van der Waals surface area contributed by atoms with Gasteiger partial charge in [0.05, 0.1) is 17.2 Å². The van der Waals surface area contributed by atoms with Crippen molar-refractivity contribution in [1.82, 2.24) is 4.98 Å². The Morgan fingerprint density at radius 2 is 1.93 bits per heavy atom. The molecule has 0 spiro atoms. The summed E-state index contributed by atoms with van der Waals surface area (Å²) in [4.78, 5) is 5.57. The molecule has 0 aromatic carbocycles. The van der Waals surface area contributed by atoms with Gasteiger partial charge < -0.3 is 4.90 Å². The van der Waals surface area contributed by atoms with Gasteiger partial charge in [-0.2, -0.15) is 10.5 Å². The first-order chi connectivity index (χ1) is 6.77. The van der Waals surface area contributed by atoms with Gasteiger partial charge in [-0.05, 0) is 12.1 Å². The fourth-order valence-corrected chi connectivity index (χ4v) is 1.06. The third-order valence-corrected chi connectivity index (χ3v) is 1.78. The highest BCUT2D eigenvalue weighted by atomic mass is 35.5. The molecule has 4 nitrogen and oxygen atoms in total. The van der Waals surface area contributed by atoms with E-state index in [0.29, 0.717) is 10.8 Å². The summed E-state index contributed by atoms with van der Waals surface area (Å²) >= 11 is 5.66. The van der Waals surface area contributed by atoms with Crippen LogP contribution < -0.4 is 4.90 Å². The molecule has 0 saturated carbocycles. The molecule has 1 aromatic heterocycles. The van der Waals surface area contributed by atoms with Crippen molar-refractivity contribution in [3.8, 4) is 12.1 Å². The van der Waals surface area contributed by atoms with E-state index >= 15 is 0 Å². The van der Waals surface area contributed by atoms with Crippen molar-refractivity contribution in [2.24, 2.45) is 0 Å². The van der Waals surface area contributed by atoms with Gasteiger partial charge in [-0.3, -0.25) is 0 Å². The molecule has 0 fully saturated rings. The Hall–Kier alpha value is -1.78. The van der Waals surface area contributed by atoms with Crippen LogP contribution in [0.3, 0.4) is 0 Å². The molecule has 0 aliphatic rings. The molecule has 0 amide bonds. The van der Waals surface area contributed by atoms with Crippen LogP contribution in [0.1, 0.15) is 0 Å². The molecule has 0 aliphatic heterocycles. The summed E-state index contributed by atoms with van der Waals surface area (Å²) in [5.74, 6) is 0.581. The third-order valence-electron chi connectivity index (χ3n) is 1.56. The van der Waals surface area contributed by atoms with Gasteiger partial charge in [0.15, 0.2) is 0 Å². The maximum Gasteiger partial charge on any atom is 0.130 e. The maximum absolute atomic E-state index is 8.52. The van der Waals surface area contributed by atoms with Crippen molar-refractivity contribution in [2.45, 2.75) is 0 Å². The molecule has 0 bridgehead atoms. The van der Waals surface area contributed by atoms with Gasteiger partial charge in [-0.25, -0.2) is 4.98 Å². The number of rotatable bonds is 3. The fourth-order valence-electron chi connectivity index (χ4n) is 0.944. The molecular weight excluding hydrogens is 200 g/mol. The molecule has 5 heteroatoms. The van der Waals surface area contributed by atoms with Crippen LogP contribution in [0.5, 0.6) is 0 Å². The van der Waals surface area contributed by atoms with Crippen LogP contribution in [0.25, 0.3) is 0 Å². The standard InChI is InChI=1S/C9H7ClN4/c10-8-1-2-9(13-7-8)14(5-3-11)6-4-12/h1-2,7H,5-6H2. The van der Waals surface area contributed by atoms with Gasteiger partial charge in [0.2, 0.25) is 0 Å². The molecule has 1 heterocycles. The molecule has 0 atom stereocenters. The van der Waals surface area contributed by atoms with Gasteiger partial charge in [0.1, 0.15) is 18.9 Å². The summed E-state index contributed by atoms with van der Waals surface area (Å²) in [6, 6.07) is 7.28. The molecule has 0 aliphatic carbocycles. The van der Waals surface area contributed by atoms with Crippen LogP contribution in [0.4, 0.5) is 5.82 Å². The number of nitrogens with zero attached hydrogens (tertiary/aromatic N) is 4. The second-order valence-corrected chi connectivity index (χ2v) is 2.94. The molecular formula is C9H7ClN4. The predicted molar refractivity (Wildman–Crippen MR) is 52.7 cm³/mol. The van der Waals surface area contributed by atoms with Gasteiger partial charge in [0, 0.05) is 6.20 Å². The molecule has 1 rings (SSSR count). The molecule has 0 N–H and O–H groups in total. The van der Waals surface area contributed by atoms with Crippen LogP contribution >= 0.6 is 11.6 Å².